The zero-order chi connectivity index (χ0) is 25.7. The van der Waals surface area contributed by atoms with Gasteiger partial charge in [-0.3, -0.25) is 14.7 Å². The van der Waals surface area contributed by atoms with Crippen molar-refractivity contribution >= 4 is 34.0 Å². The Morgan fingerprint density at radius 3 is 2.41 bits per heavy atom. The number of aromatic nitrogens is 1. The molecule has 37 heavy (non-hydrogen) atoms. The highest BCUT2D eigenvalue weighted by molar-refractivity contribution is 6.32. The number of piperazine rings is 1. The van der Waals surface area contributed by atoms with Gasteiger partial charge in [0, 0.05) is 62.8 Å². The van der Waals surface area contributed by atoms with E-state index in [9.17, 15) is 14.3 Å². The highest BCUT2D eigenvalue weighted by Crippen LogP contribution is 2.41. The molecule has 2 aliphatic heterocycles. The predicted molar refractivity (Wildman–Crippen MR) is 145 cm³/mol. The van der Waals surface area contributed by atoms with Crippen LogP contribution in [0.1, 0.15) is 36.0 Å². The van der Waals surface area contributed by atoms with Gasteiger partial charge in [0.2, 0.25) is 0 Å². The third-order valence-corrected chi connectivity index (χ3v) is 8.53. The predicted octanol–water partition coefficient (Wildman–Crippen LogP) is 5.21. The Labute approximate surface area is 221 Å². The lowest BCUT2D eigenvalue weighted by Gasteiger charge is -2.43. The molecular weight excluding hydrogens is 491 g/mol. The number of nitrogens with zero attached hydrogens (tertiary/aromatic N) is 4. The van der Waals surface area contributed by atoms with Gasteiger partial charge in [-0.15, -0.1) is 0 Å². The molecule has 6 rings (SSSR count). The molecule has 1 aromatic heterocycles. The van der Waals surface area contributed by atoms with Gasteiger partial charge in [-0.2, -0.15) is 0 Å². The zero-order valence-electron chi connectivity index (χ0n) is 21.1. The highest BCUT2D eigenvalue weighted by Gasteiger charge is 2.35. The van der Waals surface area contributed by atoms with Gasteiger partial charge in [-0.05, 0) is 68.1 Å². The number of piperidine rings is 1. The molecule has 0 bridgehead atoms. The molecule has 1 aliphatic carbocycles. The summed E-state index contributed by atoms with van der Waals surface area (Å²) in [7, 11) is 2.18. The van der Waals surface area contributed by atoms with Gasteiger partial charge < -0.3 is 14.9 Å². The molecule has 2 aromatic carbocycles. The fourth-order valence-corrected chi connectivity index (χ4v) is 6.03. The number of hydrogen-bond acceptors (Lipinski definition) is 6. The lowest BCUT2D eigenvalue weighted by molar-refractivity contribution is 0.0963. The van der Waals surface area contributed by atoms with Crippen LogP contribution >= 0.6 is 11.6 Å². The molecular formula is C29H32ClFN4O2. The first-order chi connectivity index (χ1) is 17.9. The fourth-order valence-electron chi connectivity index (χ4n) is 5.82. The van der Waals surface area contributed by atoms with Crippen LogP contribution in [0.25, 0.3) is 22.0 Å². The summed E-state index contributed by atoms with van der Waals surface area (Å²) in [5.74, 6) is -1.04. The Balaban J connectivity index is 1.37. The highest BCUT2D eigenvalue weighted by atomic mass is 35.5. The van der Waals surface area contributed by atoms with Crippen LogP contribution < -0.4 is 4.90 Å². The molecule has 3 aromatic rings. The monoisotopic (exact) mass is 522 g/mol. The van der Waals surface area contributed by atoms with E-state index in [1.807, 2.05) is 18.2 Å². The van der Waals surface area contributed by atoms with Crippen molar-refractivity contribution in [3.05, 3.63) is 52.9 Å². The van der Waals surface area contributed by atoms with E-state index in [1.165, 1.54) is 6.07 Å². The topological polar surface area (TPSA) is 59.9 Å². The molecule has 8 heteroatoms. The van der Waals surface area contributed by atoms with Crippen molar-refractivity contribution in [2.75, 3.05) is 51.2 Å². The molecule has 0 unspecified atom stereocenters. The second-order valence-corrected chi connectivity index (χ2v) is 11.1. The normalized spacial score (nSPS) is 20.0. The van der Waals surface area contributed by atoms with E-state index >= 15 is 0 Å². The molecule has 6 nitrogen and oxygen atoms in total. The second kappa shape index (κ2) is 9.86. The SMILES string of the molecule is CN1CCN(C2CCN(c3c(C(=O)C4CC4)cnc4ccc(-c5cc(F)c(O)c(Cl)c5)cc34)CC2)CC1. The Morgan fingerprint density at radius 1 is 1.00 bits per heavy atom. The number of halogens is 2. The van der Waals surface area contributed by atoms with Gasteiger partial charge in [0.05, 0.1) is 21.8 Å². The van der Waals surface area contributed by atoms with Crippen molar-refractivity contribution in [1.29, 1.82) is 0 Å². The summed E-state index contributed by atoms with van der Waals surface area (Å²) in [6, 6.07) is 9.19. The summed E-state index contributed by atoms with van der Waals surface area (Å²) in [6.45, 7) is 6.20. The number of anilines is 1. The van der Waals surface area contributed by atoms with E-state index in [-0.39, 0.29) is 16.7 Å². The summed E-state index contributed by atoms with van der Waals surface area (Å²) < 4.78 is 14.3. The first-order valence-electron chi connectivity index (χ1n) is 13.2. The number of likely N-dealkylation sites (N-methyl/N-ethyl adjacent to an activating group) is 1. The minimum atomic E-state index is -0.760. The van der Waals surface area contributed by atoms with Crippen molar-refractivity contribution in [2.45, 2.75) is 31.7 Å². The van der Waals surface area contributed by atoms with Crippen molar-refractivity contribution < 1.29 is 14.3 Å². The Hall–Kier alpha value is -2.74. The Morgan fingerprint density at radius 2 is 1.73 bits per heavy atom. The van der Waals surface area contributed by atoms with E-state index < -0.39 is 11.6 Å². The first kappa shape index (κ1) is 24.6. The number of hydrogen-bond donors (Lipinski definition) is 1. The van der Waals surface area contributed by atoms with Crippen molar-refractivity contribution in [3.63, 3.8) is 0 Å². The molecule has 0 atom stereocenters. The van der Waals surface area contributed by atoms with Crippen LogP contribution in [-0.4, -0.2) is 78.0 Å². The molecule has 0 radical (unpaired) electrons. The molecule has 194 valence electrons. The van der Waals surface area contributed by atoms with Crippen LogP contribution in [-0.2, 0) is 0 Å². The summed E-state index contributed by atoms with van der Waals surface area (Å²) in [5, 5.41) is 10.6. The molecule has 3 heterocycles. The van der Waals surface area contributed by atoms with Crippen LogP contribution in [0.5, 0.6) is 5.75 Å². The van der Waals surface area contributed by atoms with Gasteiger partial charge >= 0.3 is 0 Å². The second-order valence-electron chi connectivity index (χ2n) is 10.7. The van der Waals surface area contributed by atoms with Gasteiger partial charge in [0.1, 0.15) is 0 Å². The number of fused-ring (bicyclic) bond motifs is 1. The Bertz CT molecular complexity index is 1320. The lowest BCUT2D eigenvalue weighted by atomic mass is 9.96. The number of carbonyl (C=O) groups excluding carboxylic acids is 1. The summed E-state index contributed by atoms with van der Waals surface area (Å²) in [5.41, 5.74) is 3.78. The minimum absolute atomic E-state index is 0.0305. The number of rotatable bonds is 5. The van der Waals surface area contributed by atoms with Crippen LogP contribution in [0.3, 0.4) is 0 Å². The maximum absolute atomic E-state index is 14.3. The third kappa shape index (κ3) is 4.80. The molecule has 1 saturated carbocycles. The number of carbonyl (C=O) groups is 1. The molecule has 1 N–H and O–H groups in total. The molecule has 0 spiro atoms. The smallest absolute Gasteiger partial charge is 0.170 e. The third-order valence-electron chi connectivity index (χ3n) is 8.24. The number of phenols is 1. The molecule has 2 saturated heterocycles. The van der Waals surface area contributed by atoms with Gasteiger partial charge in [-0.1, -0.05) is 17.7 Å². The van der Waals surface area contributed by atoms with Gasteiger partial charge in [0.25, 0.3) is 0 Å². The van der Waals surface area contributed by atoms with Crippen LogP contribution in [0.2, 0.25) is 5.02 Å². The van der Waals surface area contributed by atoms with Crippen molar-refractivity contribution in [1.82, 2.24) is 14.8 Å². The number of benzene rings is 2. The number of pyridine rings is 1. The molecule has 0 amide bonds. The standard InChI is InChI=1S/C29H32ClFN4O2/c1-33-10-12-34(13-11-33)21-6-8-35(9-7-21)27-22-14-19(20-15-24(30)29(37)25(31)16-20)4-5-26(22)32-17-23(27)28(36)18-2-3-18/h4-5,14-18,21,37H,2-3,6-13H2,1H3. The van der Waals surface area contributed by atoms with E-state index in [1.54, 1.807) is 12.3 Å². The Kier molecular flexibility index (Phi) is 6.55. The van der Waals surface area contributed by atoms with Crippen LogP contribution in [0, 0.1) is 11.7 Å². The van der Waals surface area contributed by atoms with Crippen molar-refractivity contribution in [3.8, 4) is 16.9 Å². The summed E-state index contributed by atoms with van der Waals surface area (Å²) in [4.78, 5) is 25.4. The number of aromatic hydroxyl groups is 1. The number of ketones is 1. The van der Waals surface area contributed by atoms with Crippen LogP contribution in [0.4, 0.5) is 10.1 Å². The van der Waals surface area contributed by atoms with Crippen LogP contribution in [0.15, 0.2) is 36.5 Å². The van der Waals surface area contributed by atoms with Crippen molar-refractivity contribution in [2.24, 2.45) is 5.92 Å². The number of phenolic OH excluding ortho intramolecular Hbond substituents is 1. The van der Waals surface area contributed by atoms with E-state index in [0.717, 1.165) is 87.1 Å². The van der Waals surface area contributed by atoms with Gasteiger partial charge in [0.15, 0.2) is 17.3 Å². The zero-order valence-corrected chi connectivity index (χ0v) is 21.8. The van der Waals surface area contributed by atoms with Gasteiger partial charge in [-0.25, -0.2) is 4.39 Å². The number of Topliss-reactive ketones (excluding diaryl/α,β-unsaturated/α-hetero) is 1. The first-order valence-corrected chi connectivity index (χ1v) is 13.6. The average Bonchev–Trinajstić information content (AvgIpc) is 3.76. The molecule has 3 fully saturated rings. The van der Waals surface area contributed by atoms with E-state index in [2.05, 4.69) is 26.7 Å². The minimum Gasteiger partial charge on any atom is -0.504 e. The van der Waals surface area contributed by atoms with E-state index in [0.29, 0.717) is 17.2 Å². The summed E-state index contributed by atoms with van der Waals surface area (Å²) in [6.07, 6.45) is 5.74. The summed E-state index contributed by atoms with van der Waals surface area (Å²) >= 11 is 6.07. The fraction of sp³-hybridized carbons (Fsp3) is 0.448. The quantitative estimate of drug-likeness (QED) is 0.464. The molecule has 3 aliphatic rings. The lowest BCUT2D eigenvalue weighted by Crippen LogP contribution is -2.52. The largest absolute Gasteiger partial charge is 0.504 e. The van der Waals surface area contributed by atoms with E-state index in [4.69, 9.17) is 11.6 Å². The maximum atomic E-state index is 14.3. The average molecular weight is 523 g/mol. The maximum Gasteiger partial charge on any atom is 0.170 e.